The van der Waals surface area contributed by atoms with E-state index in [2.05, 4.69) is 20.8 Å². The molecule has 2 saturated carbocycles. The van der Waals surface area contributed by atoms with Gasteiger partial charge in [-0.15, -0.1) is 0 Å². The van der Waals surface area contributed by atoms with Crippen LogP contribution in [0.3, 0.4) is 0 Å². The summed E-state index contributed by atoms with van der Waals surface area (Å²) < 4.78 is 6.16. The lowest BCUT2D eigenvalue weighted by atomic mass is 9.70. The van der Waals surface area contributed by atoms with Gasteiger partial charge in [-0.25, -0.2) is 0 Å². The van der Waals surface area contributed by atoms with E-state index in [1.807, 2.05) is 0 Å². The molecule has 2 bridgehead atoms. The molecule has 3 heteroatoms. The van der Waals surface area contributed by atoms with Crippen molar-refractivity contribution < 1.29 is 14.6 Å². The highest BCUT2D eigenvalue weighted by molar-refractivity contribution is 5.73. The third-order valence-corrected chi connectivity index (χ3v) is 6.56. The van der Waals surface area contributed by atoms with E-state index in [9.17, 15) is 4.79 Å². The predicted octanol–water partition coefficient (Wildman–Crippen LogP) is 4.11. The second-order valence-corrected chi connectivity index (χ2v) is 8.26. The zero-order chi connectivity index (χ0) is 15.2. The van der Waals surface area contributed by atoms with Gasteiger partial charge in [0, 0.05) is 6.61 Å². The summed E-state index contributed by atoms with van der Waals surface area (Å²) in [5.74, 6) is 0.0819. The van der Waals surface area contributed by atoms with E-state index in [0.29, 0.717) is 30.0 Å². The highest BCUT2D eigenvalue weighted by Gasteiger charge is 2.61. The van der Waals surface area contributed by atoms with Gasteiger partial charge in [-0.05, 0) is 62.7 Å². The summed E-state index contributed by atoms with van der Waals surface area (Å²) >= 11 is 0. The molecule has 3 atom stereocenters. The minimum Gasteiger partial charge on any atom is -0.481 e. The van der Waals surface area contributed by atoms with E-state index in [-0.39, 0.29) is 0 Å². The second-order valence-electron chi connectivity index (χ2n) is 8.26. The summed E-state index contributed by atoms with van der Waals surface area (Å²) in [5.41, 5.74) is 0.0548. The maximum Gasteiger partial charge on any atom is 0.309 e. The van der Waals surface area contributed by atoms with Gasteiger partial charge < -0.3 is 9.84 Å². The van der Waals surface area contributed by atoms with Gasteiger partial charge >= 0.3 is 5.97 Å². The van der Waals surface area contributed by atoms with E-state index in [0.717, 1.165) is 12.3 Å². The van der Waals surface area contributed by atoms with Crippen LogP contribution < -0.4 is 0 Å². The quantitative estimate of drug-likeness (QED) is 0.746. The van der Waals surface area contributed by atoms with Gasteiger partial charge in [-0.1, -0.05) is 20.8 Å². The highest BCUT2D eigenvalue weighted by atomic mass is 16.5. The number of carbonyl (C=O) groups is 1. The molecule has 2 aliphatic rings. The van der Waals surface area contributed by atoms with Crippen molar-refractivity contribution in [2.24, 2.45) is 22.2 Å². The van der Waals surface area contributed by atoms with E-state index in [1.165, 1.54) is 19.3 Å². The van der Waals surface area contributed by atoms with Crippen molar-refractivity contribution >= 4 is 5.97 Å². The molecule has 0 aliphatic heterocycles. The van der Waals surface area contributed by atoms with E-state index < -0.39 is 11.4 Å². The Bertz CT molecular complexity index is 386. The monoisotopic (exact) mass is 282 g/mol. The van der Waals surface area contributed by atoms with Crippen LogP contribution in [0, 0.1) is 22.2 Å². The molecule has 20 heavy (non-hydrogen) atoms. The van der Waals surface area contributed by atoms with Crippen molar-refractivity contribution in [3.63, 3.8) is 0 Å². The summed E-state index contributed by atoms with van der Waals surface area (Å²) in [6, 6.07) is 0. The molecule has 2 fully saturated rings. The van der Waals surface area contributed by atoms with Gasteiger partial charge in [0.15, 0.2) is 0 Å². The van der Waals surface area contributed by atoms with Crippen molar-refractivity contribution in [3.05, 3.63) is 0 Å². The molecule has 0 aromatic carbocycles. The summed E-state index contributed by atoms with van der Waals surface area (Å²) in [6.45, 7) is 11.4. The minimum absolute atomic E-state index is 0.306. The standard InChI is InChI=1S/C17H30O3/c1-15(2,14(18)19)8-6-10-20-13-11-12-7-9-17(13,5)16(12,3)4/h12-13H,6-11H2,1-5H3,(H,18,19). The summed E-state index contributed by atoms with van der Waals surface area (Å²) in [5, 5.41) is 9.11. The van der Waals surface area contributed by atoms with Gasteiger partial charge in [0.25, 0.3) is 0 Å². The average Bonchev–Trinajstić information content (AvgIpc) is 2.67. The molecule has 0 aromatic heterocycles. The van der Waals surface area contributed by atoms with Gasteiger partial charge in [-0.2, -0.15) is 0 Å². The summed E-state index contributed by atoms with van der Waals surface area (Å²) in [6.07, 6.45) is 5.68. The topological polar surface area (TPSA) is 46.5 Å². The Balaban J connectivity index is 1.81. The highest BCUT2D eigenvalue weighted by Crippen LogP contribution is 2.66. The zero-order valence-corrected chi connectivity index (χ0v) is 13.7. The number of hydrogen-bond acceptors (Lipinski definition) is 2. The van der Waals surface area contributed by atoms with Gasteiger partial charge in [0.2, 0.25) is 0 Å². The molecular formula is C17H30O3. The smallest absolute Gasteiger partial charge is 0.309 e. The van der Waals surface area contributed by atoms with Crippen LogP contribution in [0.15, 0.2) is 0 Å². The second kappa shape index (κ2) is 5.01. The Kier molecular flexibility index (Phi) is 3.96. The van der Waals surface area contributed by atoms with Crippen molar-refractivity contribution in [1.29, 1.82) is 0 Å². The molecule has 3 unspecified atom stereocenters. The molecule has 2 aliphatic carbocycles. The Morgan fingerprint density at radius 1 is 1.35 bits per heavy atom. The van der Waals surface area contributed by atoms with Gasteiger partial charge in [0.1, 0.15) is 0 Å². The van der Waals surface area contributed by atoms with E-state index in [4.69, 9.17) is 9.84 Å². The molecule has 2 rings (SSSR count). The predicted molar refractivity (Wildman–Crippen MR) is 79.6 cm³/mol. The summed E-state index contributed by atoms with van der Waals surface area (Å²) in [7, 11) is 0. The van der Waals surface area contributed by atoms with Crippen molar-refractivity contribution in [2.75, 3.05) is 6.61 Å². The first-order chi connectivity index (χ1) is 9.11. The molecule has 0 amide bonds. The van der Waals surface area contributed by atoms with Crippen molar-refractivity contribution in [1.82, 2.24) is 0 Å². The molecule has 3 nitrogen and oxygen atoms in total. The van der Waals surface area contributed by atoms with Crippen LogP contribution in [0.1, 0.15) is 66.7 Å². The first kappa shape index (κ1) is 15.8. The lowest BCUT2D eigenvalue weighted by molar-refractivity contribution is -0.147. The van der Waals surface area contributed by atoms with Gasteiger partial charge in [-0.3, -0.25) is 4.79 Å². The SMILES string of the molecule is CC(C)(CCCOC1CC2CCC1(C)C2(C)C)C(=O)O. The lowest BCUT2D eigenvalue weighted by Gasteiger charge is -2.39. The molecule has 0 aromatic rings. The number of carboxylic acid groups (broad SMARTS) is 1. The molecular weight excluding hydrogens is 252 g/mol. The Hall–Kier alpha value is -0.570. The van der Waals surface area contributed by atoms with Crippen LogP contribution in [0.25, 0.3) is 0 Å². The van der Waals surface area contributed by atoms with Gasteiger partial charge in [0.05, 0.1) is 11.5 Å². The van der Waals surface area contributed by atoms with Crippen LogP contribution in [-0.2, 0) is 9.53 Å². The zero-order valence-electron chi connectivity index (χ0n) is 13.7. The maximum atomic E-state index is 11.1. The summed E-state index contributed by atoms with van der Waals surface area (Å²) in [4.78, 5) is 11.1. The number of ether oxygens (including phenoxy) is 1. The number of aliphatic carboxylic acids is 1. The lowest BCUT2D eigenvalue weighted by Crippen LogP contribution is -2.37. The molecule has 0 spiro atoms. The maximum absolute atomic E-state index is 11.1. The first-order valence-corrected chi connectivity index (χ1v) is 7.96. The largest absolute Gasteiger partial charge is 0.481 e. The molecule has 0 radical (unpaired) electrons. The van der Waals surface area contributed by atoms with Crippen LogP contribution in [-0.4, -0.2) is 23.8 Å². The number of carboxylic acids is 1. The van der Waals surface area contributed by atoms with Crippen LogP contribution in [0.2, 0.25) is 0 Å². The van der Waals surface area contributed by atoms with Crippen molar-refractivity contribution in [2.45, 2.75) is 72.8 Å². The Labute approximate surface area is 123 Å². The van der Waals surface area contributed by atoms with Crippen LogP contribution in [0.4, 0.5) is 0 Å². The fourth-order valence-corrected chi connectivity index (χ4v) is 4.23. The third kappa shape index (κ3) is 2.38. The number of rotatable bonds is 6. The van der Waals surface area contributed by atoms with Crippen LogP contribution >= 0.6 is 0 Å². The third-order valence-electron chi connectivity index (χ3n) is 6.56. The molecule has 116 valence electrons. The fraction of sp³-hybridized carbons (Fsp3) is 0.941. The number of fused-ring (bicyclic) bond motifs is 2. The fourth-order valence-electron chi connectivity index (χ4n) is 4.23. The van der Waals surface area contributed by atoms with Crippen molar-refractivity contribution in [3.8, 4) is 0 Å². The Morgan fingerprint density at radius 2 is 2.00 bits per heavy atom. The molecule has 1 N–H and O–H groups in total. The molecule has 0 saturated heterocycles. The average molecular weight is 282 g/mol. The Morgan fingerprint density at radius 3 is 2.45 bits per heavy atom. The van der Waals surface area contributed by atoms with Crippen LogP contribution in [0.5, 0.6) is 0 Å². The number of hydrogen-bond donors (Lipinski definition) is 1. The normalized spacial score (nSPS) is 35.5. The first-order valence-electron chi connectivity index (χ1n) is 7.96. The van der Waals surface area contributed by atoms with E-state index >= 15 is 0 Å². The van der Waals surface area contributed by atoms with E-state index in [1.54, 1.807) is 13.8 Å². The minimum atomic E-state index is -0.717. The molecule has 0 heterocycles.